The fourth-order valence-corrected chi connectivity index (χ4v) is 1.75. The number of carbonyl (C=O) groups is 1. The van der Waals surface area contributed by atoms with E-state index in [1.54, 1.807) is 30.3 Å². The Morgan fingerprint density at radius 2 is 1.50 bits per heavy atom. The predicted octanol–water partition coefficient (Wildman–Crippen LogP) is 3.61. The van der Waals surface area contributed by atoms with Gasteiger partial charge in [0.1, 0.15) is 12.2 Å². The number of esters is 1. The van der Waals surface area contributed by atoms with Crippen LogP contribution in [-0.4, -0.2) is 13.1 Å². The second kappa shape index (κ2) is 6.46. The zero-order valence-corrected chi connectivity index (χ0v) is 11.3. The molecule has 2 aromatic carbocycles. The molecule has 0 aliphatic rings. The maximum atomic E-state index is 13.8. The summed E-state index contributed by atoms with van der Waals surface area (Å²) in [6, 6.07) is 8.24. The maximum absolute atomic E-state index is 13.8. The molecule has 0 saturated heterocycles. The Kier molecular flexibility index (Phi) is 4.65. The van der Waals surface area contributed by atoms with Crippen LogP contribution in [0.2, 0.25) is 0 Å². The summed E-state index contributed by atoms with van der Waals surface area (Å²) in [6.45, 7) is -0.300. The second-order valence-corrected chi connectivity index (χ2v) is 4.23. The van der Waals surface area contributed by atoms with Crippen LogP contribution in [0.4, 0.5) is 17.6 Å². The van der Waals surface area contributed by atoms with Crippen LogP contribution in [0.1, 0.15) is 15.9 Å². The lowest BCUT2D eigenvalue weighted by Crippen LogP contribution is -2.14. The van der Waals surface area contributed by atoms with Crippen molar-refractivity contribution in [2.24, 2.45) is 0 Å². The third kappa shape index (κ3) is 2.88. The number of benzene rings is 2. The molecule has 0 amide bonds. The van der Waals surface area contributed by atoms with E-state index < -0.39 is 40.6 Å². The maximum Gasteiger partial charge on any atom is 0.344 e. The van der Waals surface area contributed by atoms with Crippen molar-refractivity contribution in [2.45, 2.75) is 6.61 Å². The van der Waals surface area contributed by atoms with Crippen molar-refractivity contribution in [2.75, 3.05) is 7.11 Å². The molecule has 0 radical (unpaired) electrons. The molecular formula is C15H10F4O3. The highest BCUT2D eigenvalue weighted by molar-refractivity contribution is 5.90. The second-order valence-electron chi connectivity index (χ2n) is 4.23. The van der Waals surface area contributed by atoms with Gasteiger partial charge in [-0.15, -0.1) is 0 Å². The van der Waals surface area contributed by atoms with Gasteiger partial charge in [0, 0.05) is 0 Å². The minimum Gasteiger partial charge on any atom is -0.483 e. The Hall–Kier alpha value is -2.57. The third-order valence-corrected chi connectivity index (χ3v) is 2.84. The molecule has 2 aromatic rings. The lowest BCUT2D eigenvalue weighted by Gasteiger charge is -2.12. The first-order valence-corrected chi connectivity index (χ1v) is 6.08. The van der Waals surface area contributed by atoms with Gasteiger partial charge in [0.15, 0.2) is 17.4 Å². The zero-order chi connectivity index (χ0) is 16.3. The van der Waals surface area contributed by atoms with Crippen LogP contribution >= 0.6 is 0 Å². The molecular weight excluding hydrogens is 304 g/mol. The Bertz CT molecular complexity index is 673. The molecule has 0 aliphatic carbocycles. The average molecular weight is 314 g/mol. The first-order valence-electron chi connectivity index (χ1n) is 6.08. The topological polar surface area (TPSA) is 35.5 Å². The summed E-state index contributed by atoms with van der Waals surface area (Å²) in [5.74, 6) is -10.1. The van der Waals surface area contributed by atoms with Crippen LogP contribution < -0.4 is 4.74 Å². The van der Waals surface area contributed by atoms with E-state index in [2.05, 4.69) is 4.74 Å². The molecule has 7 heteroatoms. The number of carbonyl (C=O) groups excluding carboxylic acids is 1. The molecule has 0 aromatic heterocycles. The molecule has 0 aliphatic heterocycles. The largest absolute Gasteiger partial charge is 0.483 e. The first kappa shape index (κ1) is 15.8. The summed E-state index contributed by atoms with van der Waals surface area (Å²) in [7, 11) is 0.830. The van der Waals surface area contributed by atoms with E-state index in [9.17, 15) is 22.4 Å². The Labute approximate surface area is 123 Å². The number of methoxy groups -OCH3 is 1. The molecule has 2 rings (SSSR count). The normalized spacial score (nSPS) is 10.4. The number of hydrogen-bond acceptors (Lipinski definition) is 3. The van der Waals surface area contributed by atoms with Crippen LogP contribution in [0.25, 0.3) is 0 Å². The van der Waals surface area contributed by atoms with E-state index in [0.29, 0.717) is 5.56 Å². The highest BCUT2D eigenvalue weighted by Gasteiger charge is 2.31. The summed E-state index contributed by atoms with van der Waals surface area (Å²) in [5.41, 5.74) is -0.899. The van der Waals surface area contributed by atoms with Gasteiger partial charge in [-0.2, -0.15) is 8.78 Å². The van der Waals surface area contributed by atoms with Crippen molar-refractivity contribution < 1.29 is 31.8 Å². The van der Waals surface area contributed by atoms with Gasteiger partial charge in [-0.3, -0.25) is 0 Å². The SMILES string of the molecule is COC(=O)c1c(F)c(F)c(OCc2ccccc2)c(F)c1F. The van der Waals surface area contributed by atoms with Gasteiger partial charge in [0.25, 0.3) is 0 Å². The number of rotatable bonds is 4. The smallest absolute Gasteiger partial charge is 0.344 e. The van der Waals surface area contributed by atoms with Crippen molar-refractivity contribution in [1.29, 1.82) is 0 Å². The molecule has 116 valence electrons. The van der Waals surface area contributed by atoms with Crippen molar-refractivity contribution >= 4 is 5.97 Å². The van der Waals surface area contributed by atoms with E-state index in [1.165, 1.54) is 0 Å². The number of ether oxygens (including phenoxy) is 2. The van der Waals surface area contributed by atoms with Crippen LogP contribution in [0, 0.1) is 23.3 Å². The van der Waals surface area contributed by atoms with E-state index >= 15 is 0 Å². The van der Waals surface area contributed by atoms with Crippen molar-refractivity contribution in [3.8, 4) is 5.75 Å². The molecule has 0 heterocycles. The number of hydrogen-bond donors (Lipinski definition) is 0. The van der Waals surface area contributed by atoms with Crippen molar-refractivity contribution in [3.05, 3.63) is 64.7 Å². The average Bonchev–Trinajstić information content (AvgIpc) is 2.54. The summed E-state index contributed by atoms with van der Waals surface area (Å²) in [4.78, 5) is 11.2. The molecule has 0 bridgehead atoms. The fourth-order valence-electron chi connectivity index (χ4n) is 1.75. The van der Waals surface area contributed by atoms with Gasteiger partial charge in [0.05, 0.1) is 7.11 Å². The quantitative estimate of drug-likeness (QED) is 0.491. The first-order chi connectivity index (χ1) is 10.5. The number of halogens is 4. The molecule has 3 nitrogen and oxygen atoms in total. The summed E-state index contributed by atoms with van der Waals surface area (Å²) >= 11 is 0. The monoisotopic (exact) mass is 314 g/mol. The van der Waals surface area contributed by atoms with E-state index in [0.717, 1.165) is 7.11 Å². The van der Waals surface area contributed by atoms with Crippen LogP contribution in [-0.2, 0) is 11.3 Å². The molecule has 0 N–H and O–H groups in total. The molecule has 0 spiro atoms. The standard InChI is InChI=1S/C15H10F4O3/c1-21-15(20)9-10(16)12(18)14(13(19)11(9)17)22-7-8-5-3-2-4-6-8/h2-6H,7H2,1H3. The molecule has 0 atom stereocenters. The fraction of sp³-hybridized carbons (Fsp3) is 0.133. The third-order valence-electron chi connectivity index (χ3n) is 2.84. The minimum absolute atomic E-state index is 0.300. The molecule has 0 saturated carbocycles. The van der Waals surface area contributed by atoms with Gasteiger partial charge in [-0.1, -0.05) is 30.3 Å². The van der Waals surface area contributed by atoms with Crippen molar-refractivity contribution in [3.63, 3.8) is 0 Å². The zero-order valence-electron chi connectivity index (χ0n) is 11.3. The van der Waals surface area contributed by atoms with Gasteiger partial charge >= 0.3 is 5.97 Å². The Morgan fingerprint density at radius 3 is 2.00 bits per heavy atom. The van der Waals surface area contributed by atoms with Crippen LogP contribution in [0.15, 0.2) is 30.3 Å². The predicted molar refractivity (Wildman–Crippen MR) is 68.4 cm³/mol. The van der Waals surface area contributed by atoms with Crippen molar-refractivity contribution in [1.82, 2.24) is 0 Å². The molecule has 22 heavy (non-hydrogen) atoms. The van der Waals surface area contributed by atoms with E-state index in [-0.39, 0.29) is 6.61 Å². The molecule has 0 fully saturated rings. The van der Waals surface area contributed by atoms with Crippen LogP contribution in [0.5, 0.6) is 5.75 Å². The van der Waals surface area contributed by atoms with Gasteiger partial charge < -0.3 is 9.47 Å². The van der Waals surface area contributed by atoms with Gasteiger partial charge in [-0.05, 0) is 5.56 Å². The van der Waals surface area contributed by atoms with Gasteiger partial charge in [-0.25, -0.2) is 13.6 Å². The lowest BCUT2D eigenvalue weighted by atomic mass is 10.1. The van der Waals surface area contributed by atoms with E-state index in [4.69, 9.17) is 4.74 Å². The van der Waals surface area contributed by atoms with Gasteiger partial charge in [0.2, 0.25) is 11.6 Å². The summed E-state index contributed by atoms with van der Waals surface area (Å²) in [6.07, 6.45) is 0. The highest BCUT2D eigenvalue weighted by Crippen LogP contribution is 2.31. The molecule has 0 unspecified atom stereocenters. The Morgan fingerprint density at radius 1 is 0.955 bits per heavy atom. The Balaban J connectivity index is 2.39. The summed E-state index contributed by atoms with van der Waals surface area (Å²) < 4.78 is 63.9. The lowest BCUT2D eigenvalue weighted by molar-refractivity contribution is 0.0586. The van der Waals surface area contributed by atoms with E-state index in [1.807, 2.05) is 0 Å². The van der Waals surface area contributed by atoms with Crippen LogP contribution in [0.3, 0.4) is 0 Å². The summed E-state index contributed by atoms with van der Waals surface area (Å²) in [5, 5.41) is 0. The highest BCUT2D eigenvalue weighted by atomic mass is 19.2. The minimum atomic E-state index is -1.87.